The molecule has 21 heavy (non-hydrogen) atoms. The van der Waals surface area contributed by atoms with Crippen molar-refractivity contribution in [3.63, 3.8) is 0 Å². The van der Waals surface area contributed by atoms with Crippen molar-refractivity contribution in [2.45, 2.75) is 12.8 Å². The second-order valence-corrected chi connectivity index (χ2v) is 4.56. The number of nitrogens with zero attached hydrogens (tertiary/aromatic N) is 1. The molecule has 0 aliphatic rings. The van der Waals surface area contributed by atoms with Crippen molar-refractivity contribution in [1.82, 2.24) is 0 Å². The maximum Gasteiger partial charge on any atom is 0.312 e. The van der Waals surface area contributed by atoms with Crippen LogP contribution in [0.15, 0.2) is 48.5 Å². The third-order valence-electron chi connectivity index (χ3n) is 3.31. The number of benzene rings is 2. The van der Waals surface area contributed by atoms with Crippen molar-refractivity contribution in [2.75, 3.05) is 7.11 Å². The monoisotopic (exact) mass is 301 g/mol. The highest BCUT2D eigenvalue weighted by molar-refractivity contribution is 5.85. The predicted octanol–water partition coefficient (Wildman–Crippen LogP) is 3.92. The first-order chi connectivity index (χ1) is 9.65. The van der Waals surface area contributed by atoms with E-state index in [2.05, 4.69) is 6.07 Å². The largest absolute Gasteiger partial charge is 0.469 e. The van der Waals surface area contributed by atoms with Gasteiger partial charge in [0.25, 0.3) is 0 Å². The summed E-state index contributed by atoms with van der Waals surface area (Å²) >= 11 is 0. The summed E-state index contributed by atoms with van der Waals surface area (Å²) in [6.45, 7) is 1.82. The average molecular weight is 302 g/mol. The van der Waals surface area contributed by atoms with Crippen molar-refractivity contribution in [2.24, 2.45) is 0 Å². The molecule has 0 N–H and O–H groups in total. The summed E-state index contributed by atoms with van der Waals surface area (Å²) in [4.78, 5) is 11.5. The van der Waals surface area contributed by atoms with Crippen molar-refractivity contribution in [3.8, 4) is 17.2 Å². The molecule has 0 aliphatic heterocycles. The van der Waals surface area contributed by atoms with Crippen LogP contribution in [0.25, 0.3) is 11.1 Å². The van der Waals surface area contributed by atoms with Crippen molar-refractivity contribution in [1.29, 1.82) is 5.26 Å². The van der Waals surface area contributed by atoms with E-state index in [9.17, 15) is 4.79 Å². The Labute approximate surface area is 130 Å². The molecule has 0 heterocycles. The highest BCUT2D eigenvalue weighted by atomic mass is 35.5. The number of carbonyl (C=O) groups excluding carboxylic acids is 1. The SMILES string of the molecule is COC(=O)C(C)c1ccc(-c2ccc(C#N)cc2)cc1.Cl. The smallest absolute Gasteiger partial charge is 0.312 e. The predicted molar refractivity (Wildman–Crippen MR) is 84.3 cm³/mol. The topological polar surface area (TPSA) is 50.1 Å². The Kier molecular flexibility index (Phi) is 5.95. The number of ether oxygens (including phenoxy) is 1. The van der Waals surface area contributed by atoms with Crippen LogP contribution in [0.3, 0.4) is 0 Å². The second kappa shape index (κ2) is 7.47. The van der Waals surface area contributed by atoms with Gasteiger partial charge in [-0.15, -0.1) is 12.4 Å². The zero-order valence-corrected chi connectivity index (χ0v) is 12.7. The number of methoxy groups -OCH3 is 1. The Hall–Kier alpha value is -2.31. The third kappa shape index (κ3) is 3.84. The second-order valence-electron chi connectivity index (χ2n) is 4.56. The molecule has 2 rings (SSSR count). The maximum atomic E-state index is 11.5. The van der Waals surface area contributed by atoms with Gasteiger partial charge in [0.05, 0.1) is 24.7 Å². The van der Waals surface area contributed by atoms with Gasteiger partial charge in [0.2, 0.25) is 0 Å². The number of nitriles is 1. The molecule has 2 aromatic rings. The van der Waals surface area contributed by atoms with Crippen LogP contribution < -0.4 is 0 Å². The van der Waals surface area contributed by atoms with Crippen LogP contribution in [-0.2, 0) is 9.53 Å². The number of carbonyl (C=O) groups is 1. The van der Waals surface area contributed by atoms with Crippen molar-refractivity contribution < 1.29 is 9.53 Å². The first-order valence-electron chi connectivity index (χ1n) is 6.34. The fourth-order valence-electron chi connectivity index (χ4n) is 2.01. The molecule has 0 radical (unpaired) electrons. The van der Waals surface area contributed by atoms with Crippen LogP contribution in [0.4, 0.5) is 0 Å². The van der Waals surface area contributed by atoms with Gasteiger partial charge in [-0.25, -0.2) is 0 Å². The van der Waals surface area contributed by atoms with Gasteiger partial charge >= 0.3 is 5.97 Å². The Bertz CT molecular complexity index is 642. The quantitative estimate of drug-likeness (QED) is 0.807. The zero-order valence-electron chi connectivity index (χ0n) is 11.9. The molecule has 0 bridgehead atoms. The molecule has 4 heteroatoms. The highest BCUT2D eigenvalue weighted by Crippen LogP contribution is 2.23. The molecule has 0 saturated heterocycles. The van der Waals surface area contributed by atoms with Gasteiger partial charge < -0.3 is 4.74 Å². The maximum absolute atomic E-state index is 11.5. The van der Waals surface area contributed by atoms with Crippen LogP contribution in [0, 0.1) is 11.3 Å². The summed E-state index contributed by atoms with van der Waals surface area (Å²) in [6.07, 6.45) is 0. The number of halogens is 1. The Morgan fingerprint density at radius 2 is 1.52 bits per heavy atom. The fourth-order valence-corrected chi connectivity index (χ4v) is 2.01. The number of esters is 1. The van der Waals surface area contributed by atoms with Crippen molar-refractivity contribution >= 4 is 18.4 Å². The lowest BCUT2D eigenvalue weighted by atomic mass is 9.97. The molecule has 0 fully saturated rings. The third-order valence-corrected chi connectivity index (χ3v) is 3.31. The molecular weight excluding hydrogens is 286 g/mol. The van der Waals surface area contributed by atoms with E-state index < -0.39 is 0 Å². The lowest BCUT2D eigenvalue weighted by Crippen LogP contribution is -2.10. The molecule has 2 aromatic carbocycles. The minimum Gasteiger partial charge on any atom is -0.469 e. The Morgan fingerprint density at radius 3 is 1.95 bits per heavy atom. The van der Waals surface area contributed by atoms with E-state index in [4.69, 9.17) is 10.00 Å². The van der Waals surface area contributed by atoms with Gasteiger partial charge in [-0.05, 0) is 35.7 Å². The Balaban J connectivity index is 0.00000220. The van der Waals surface area contributed by atoms with Crippen LogP contribution in [-0.4, -0.2) is 13.1 Å². The van der Waals surface area contributed by atoms with Crippen LogP contribution in [0.1, 0.15) is 24.0 Å². The van der Waals surface area contributed by atoms with E-state index in [-0.39, 0.29) is 24.3 Å². The lowest BCUT2D eigenvalue weighted by molar-refractivity contribution is -0.141. The normalized spacial score (nSPS) is 10.9. The molecule has 0 amide bonds. The fraction of sp³-hybridized carbons (Fsp3) is 0.176. The minimum atomic E-state index is -0.269. The molecule has 0 saturated carbocycles. The van der Waals surface area contributed by atoms with E-state index in [0.29, 0.717) is 5.56 Å². The number of hydrogen-bond acceptors (Lipinski definition) is 3. The van der Waals surface area contributed by atoms with E-state index in [1.807, 2.05) is 43.3 Å². The van der Waals surface area contributed by atoms with Gasteiger partial charge in [-0.2, -0.15) is 5.26 Å². The molecule has 0 aromatic heterocycles. The number of hydrogen-bond donors (Lipinski definition) is 0. The first kappa shape index (κ1) is 16.7. The Morgan fingerprint density at radius 1 is 1.05 bits per heavy atom. The summed E-state index contributed by atoms with van der Waals surface area (Å²) in [5.74, 6) is -0.508. The van der Waals surface area contributed by atoms with Crippen LogP contribution >= 0.6 is 12.4 Å². The van der Waals surface area contributed by atoms with Crippen LogP contribution in [0.5, 0.6) is 0 Å². The van der Waals surface area contributed by atoms with Crippen molar-refractivity contribution in [3.05, 3.63) is 59.7 Å². The van der Waals surface area contributed by atoms with Gasteiger partial charge in [0.1, 0.15) is 0 Å². The van der Waals surface area contributed by atoms with Crippen LogP contribution in [0.2, 0.25) is 0 Å². The molecule has 3 nitrogen and oxygen atoms in total. The molecule has 108 valence electrons. The first-order valence-corrected chi connectivity index (χ1v) is 6.34. The van der Waals surface area contributed by atoms with E-state index in [1.165, 1.54) is 7.11 Å². The average Bonchev–Trinajstić information content (AvgIpc) is 2.53. The summed E-state index contributed by atoms with van der Waals surface area (Å²) in [6, 6.07) is 17.3. The van der Waals surface area contributed by atoms with Gasteiger partial charge in [-0.1, -0.05) is 36.4 Å². The summed E-state index contributed by atoms with van der Waals surface area (Å²) in [7, 11) is 1.39. The van der Waals surface area contributed by atoms with E-state index in [1.54, 1.807) is 12.1 Å². The van der Waals surface area contributed by atoms with E-state index >= 15 is 0 Å². The minimum absolute atomic E-state index is 0. The number of rotatable bonds is 3. The standard InChI is InChI=1S/C17H15NO2.ClH/c1-12(17(19)20-2)14-7-9-16(10-8-14)15-5-3-13(11-18)4-6-15;/h3-10,12H,1-2H3;1H. The lowest BCUT2D eigenvalue weighted by Gasteiger charge is -2.10. The van der Waals surface area contributed by atoms with Gasteiger partial charge in [0.15, 0.2) is 0 Å². The molecular formula is C17H16ClNO2. The summed E-state index contributed by atoms with van der Waals surface area (Å²) in [5, 5.41) is 8.78. The van der Waals surface area contributed by atoms with Gasteiger partial charge in [0, 0.05) is 0 Å². The summed E-state index contributed by atoms with van der Waals surface area (Å²) in [5.41, 5.74) is 3.66. The molecule has 0 spiro atoms. The van der Waals surface area contributed by atoms with Gasteiger partial charge in [-0.3, -0.25) is 4.79 Å². The molecule has 1 atom stereocenters. The van der Waals surface area contributed by atoms with E-state index in [0.717, 1.165) is 16.7 Å². The molecule has 0 aliphatic carbocycles. The highest BCUT2D eigenvalue weighted by Gasteiger charge is 2.15. The molecule has 1 unspecified atom stereocenters. The summed E-state index contributed by atoms with van der Waals surface area (Å²) < 4.78 is 4.74. The zero-order chi connectivity index (χ0) is 14.5.